The van der Waals surface area contributed by atoms with E-state index in [9.17, 15) is 0 Å². The van der Waals surface area contributed by atoms with E-state index in [1.54, 1.807) is 13.3 Å². The largest absolute Gasteiger partial charge is 0.495 e. The topological polar surface area (TPSA) is 47.3 Å². The molecule has 0 bridgehead atoms. The maximum Gasteiger partial charge on any atom is 0.137 e. The SMILES string of the molecule is COc1ccc(NC(C)c2ccc(C)o2)nc1. The summed E-state index contributed by atoms with van der Waals surface area (Å²) < 4.78 is 10.6. The molecular weight excluding hydrogens is 216 g/mol. The normalized spacial score (nSPS) is 12.2. The number of aromatic nitrogens is 1. The Morgan fingerprint density at radius 1 is 1.29 bits per heavy atom. The first-order chi connectivity index (χ1) is 8.19. The molecule has 0 aromatic carbocycles. The quantitative estimate of drug-likeness (QED) is 0.879. The Labute approximate surface area is 101 Å². The van der Waals surface area contributed by atoms with Crippen molar-refractivity contribution in [3.8, 4) is 5.75 Å². The van der Waals surface area contributed by atoms with Crippen LogP contribution in [0.3, 0.4) is 0 Å². The van der Waals surface area contributed by atoms with Crippen LogP contribution in [-0.2, 0) is 0 Å². The number of furan rings is 1. The Hall–Kier alpha value is -1.97. The van der Waals surface area contributed by atoms with E-state index in [2.05, 4.69) is 10.3 Å². The Kier molecular flexibility index (Phi) is 3.32. The number of nitrogens with zero attached hydrogens (tertiary/aromatic N) is 1. The van der Waals surface area contributed by atoms with Crippen LogP contribution in [0.4, 0.5) is 5.82 Å². The van der Waals surface area contributed by atoms with Gasteiger partial charge in [0.2, 0.25) is 0 Å². The van der Waals surface area contributed by atoms with Gasteiger partial charge in [-0.15, -0.1) is 0 Å². The van der Waals surface area contributed by atoms with Gasteiger partial charge in [0.25, 0.3) is 0 Å². The molecule has 90 valence electrons. The molecule has 0 aliphatic carbocycles. The Morgan fingerprint density at radius 3 is 2.65 bits per heavy atom. The maximum absolute atomic E-state index is 5.55. The number of hydrogen-bond donors (Lipinski definition) is 1. The summed E-state index contributed by atoms with van der Waals surface area (Å²) in [5.74, 6) is 3.36. The molecular formula is C13H16N2O2. The third-order valence-electron chi connectivity index (χ3n) is 2.52. The highest BCUT2D eigenvalue weighted by atomic mass is 16.5. The average Bonchev–Trinajstić information content (AvgIpc) is 2.77. The molecule has 4 heteroatoms. The van der Waals surface area contributed by atoms with Crippen molar-refractivity contribution < 1.29 is 9.15 Å². The number of hydrogen-bond acceptors (Lipinski definition) is 4. The second-order valence-electron chi connectivity index (χ2n) is 3.90. The van der Waals surface area contributed by atoms with Crippen LogP contribution in [0.5, 0.6) is 5.75 Å². The van der Waals surface area contributed by atoms with Crippen LogP contribution >= 0.6 is 0 Å². The molecule has 1 N–H and O–H groups in total. The third-order valence-corrected chi connectivity index (χ3v) is 2.52. The predicted octanol–water partition coefficient (Wildman–Crippen LogP) is 3.16. The van der Waals surface area contributed by atoms with E-state index in [0.29, 0.717) is 0 Å². The average molecular weight is 232 g/mol. The van der Waals surface area contributed by atoms with Gasteiger partial charge in [-0.05, 0) is 38.1 Å². The van der Waals surface area contributed by atoms with E-state index < -0.39 is 0 Å². The first kappa shape index (κ1) is 11.5. The molecule has 2 heterocycles. The van der Waals surface area contributed by atoms with E-state index in [1.165, 1.54) is 0 Å². The third kappa shape index (κ3) is 2.78. The molecule has 1 atom stereocenters. The van der Waals surface area contributed by atoms with Crippen molar-refractivity contribution in [3.63, 3.8) is 0 Å². The second-order valence-corrected chi connectivity index (χ2v) is 3.90. The first-order valence-corrected chi connectivity index (χ1v) is 5.52. The Bertz CT molecular complexity index is 476. The van der Waals surface area contributed by atoms with Crippen molar-refractivity contribution in [1.29, 1.82) is 0 Å². The summed E-state index contributed by atoms with van der Waals surface area (Å²) in [6.45, 7) is 3.96. The van der Waals surface area contributed by atoms with Gasteiger partial charge in [0.05, 0.1) is 19.3 Å². The minimum atomic E-state index is 0.0876. The number of pyridine rings is 1. The summed E-state index contributed by atoms with van der Waals surface area (Å²) in [6, 6.07) is 7.76. The Morgan fingerprint density at radius 2 is 2.12 bits per heavy atom. The van der Waals surface area contributed by atoms with Gasteiger partial charge < -0.3 is 14.5 Å². The van der Waals surface area contributed by atoms with Crippen LogP contribution in [0, 0.1) is 6.92 Å². The number of nitrogens with one attached hydrogen (secondary N) is 1. The number of aryl methyl sites for hydroxylation is 1. The molecule has 2 rings (SSSR count). The molecule has 0 saturated carbocycles. The lowest BCUT2D eigenvalue weighted by atomic mass is 10.2. The van der Waals surface area contributed by atoms with E-state index in [4.69, 9.17) is 9.15 Å². The van der Waals surface area contributed by atoms with Crippen LogP contribution in [0.2, 0.25) is 0 Å². The van der Waals surface area contributed by atoms with E-state index in [0.717, 1.165) is 23.1 Å². The molecule has 2 aromatic heterocycles. The monoisotopic (exact) mass is 232 g/mol. The standard InChI is InChI=1S/C13H16N2O2/c1-9-4-6-12(17-9)10(2)15-13-7-5-11(16-3)8-14-13/h4-8,10H,1-3H3,(H,14,15). The van der Waals surface area contributed by atoms with Gasteiger partial charge in [-0.2, -0.15) is 0 Å². The molecule has 0 amide bonds. The number of rotatable bonds is 4. The van der Waals surface area contributed by atoms with Crippen molar-refractivity contribution in [2.75, 3.05) is 12.4 Å². The van der Waals surface area contributed by atoms with Crippen molar-refractivity contribution in [2.45, 2.75) is 19.9 Å². The van der Waals surface area contributed by atoms with E-state index in [1.807, 2.05) is 38.1 Å². The van der Waals surface area contributed by atoms with Gasteiger partial charge >= 0.3 is 0 Å². The van der Waals surface area contributed by atoms with Crippen LogP contribution in [0.15, 0.2) is 34.9 Å². The molecule has 17 heavy (non-hydrogen) atoms. The van der Waals surface area contributed by atoms with Gasteiger partial charge in [0.1, 0.15) is 23.1 Å². The fraction of sp³-hybridized carbons (Fsp3) is 0.308. The number of anilines is 1. The zero-order chi connectivity index (χ0) is 12.3. The summed E-state index contributed by atoms with van der Waals surface area (Å²) in [7, 11) is 1.62. The van der Waals surface area contributed by atoms with Gasteiger partial charge in [0.15, 0.2) is 0 Å². The van der Waals surface area contributed by atoms with Crippen molar-refractivity contribution in [2.24, 2.45) is 0 Å². The van der Waals surface area contributed by atoms with Gasteiger partial charge in [-0.25, -0.2) is 4.98 Å². The smallest absolute Gasteiger partial charge is 0.137 e. The van der Waals surface area contributed by atoms with Crippen LogP contribution in [0.25, 0.3) is 0 Å². The molecule has 0 radical (unpaired) electrons. The molecule has 0 aliphatic rings. The lowest BCUT2D eigenvalue weighted by Crippen LogP contribution is -2.06. The lowest BCUT2D eigenvalue weighted by Gasteiger charge is -2.12. The van der Waals surface area contributed by atoms with Gasteiger partial charge in [-0.3, -0.25) is 0 Å². The maximum atomic E-state index is 5.55. The number of ether oxygens (including phenoxy) is 1. The van der Waals surface area contributed by atoms with Crippen LogP contribution < -0.4 is 10.1 Å². The highest BCUT2D eigenvalue weighted by Gasteiger charge is 2.09. The molecule has 0 aliphatic heterocycles. The van der Waals surface area contributed by atoms with Gasteiger partial charge in [0, 0.05) is 0 Å². The fourth-order valence-corrected chi connectivity index (χ4v) is 1.57. The van der Waals surface area contributed by atoms with Crippen molar-refractivity contribution in [3.05, 3.63) is 42.0 Å². The molecule has 0 saturated heterocycles. The van der Waals surface area contributed by atoms with Crippen molar-refractivity contribution in [1.82, 2.24) is 4.98 Å². The summed E-state index contributed by atoms with van der Waals surface area (Å²) in [6.07, 6.45) is 1.68. The minimum Gasteiger partial charge on any atom is -0.495 e. The Balaban J connectivity index is 2.04. The minimum absolute atomic E-state index is 0.0876. The fourth-order valence-electron chi connectivity index (χ4n) is 1.57. The van der Waals surface area contributed by atoms with Crippen LogP contribution in [0.1, 0.15) is 24.5 Å². The first-order valence-electron chi connectivity index (χ1n) is 5.52. The van der Waals surface area contributed by atoms with Crippen molar-refractivity contribution >= 4 is 5.82 Å². The highest BCUT2D eigenvalue weighted by molar-refractivity contribution is 5.39. The predicted molar refractivity (Wildman–Crippen MR) is 66.3 cm³/mol. The molecule has 1 unspecified atom stereocenters. The number of methoxy groups -OCH3 is 1. The summed E-state index contributed by atoms with van der Waals surface area (Å²) in [5.41, 5.74) is 0. The summed E-state index contributed by atoms with van der Waals surface area (Å²) >= 11 is 0. The van der Waals surface area contributed by atoms with E-state index >= 15 is 0 Å². The highest BCUT2D eigenvalue weighted by Crippen LogP contribution is 2.20. The van der Waals surface area contributed by atoms with E-state index in [-0.39, 0.29) is 6.04 Å². The van der Waals surface area contributed by atoms with Gasteiger partial charge in [-0.1, -0.05) is 0 Å². The second kappa shape index (κ2) is 4.91. The molecule has 2 aromatic rings. The summed E-state index contributed by atoms with van der Waals surface area (Å²) in [5, 5.41) is 3.26. The molecule has 0 spiro atoms. The molecule has 4 nitrogen and oxygen atoms in total. The lowest BCUT2D eigenvalue weighted by molar-refractivity contribution is 0.413. The zero-order valence-corrected chi connectivity index (χ0v) is 10.2. The van der Waals surface area contributed by atoms with Crippen LogP contribution in [-0.4, -0.2) is 12.1 Å². The summed E-state index contributed by atoms with van der Waals surface area (Å²) in [4.78, 5) is 4.24. The molecule has 0 fully saturated rings. The zero-order valence-electron chi connectivity index (χ0n) is 10.2.